The van der Waals surface area contributed by atoms with Gasteiger partial charge in [0.2, 0.25) is 0 Å². The van der Waals surface area contributed by atoms with Gasteiger partial charge in [0.05, 0.1) is 7.11 Å². The van der Waals surface area contributed by atoms with E-state index in [1.807, 2.05) is 0 Å². The fourth-order valence-electron chi connectivity index (χ4n) is 1.46. The number of aromatic amines is 1. The average molecular weight is 302 g/mol. The average Bonchev–Trinajstić information content (AvgIpc) is 2.89. The number of methoxy groups -OCH3 is 1. The van der Waals surface area contributed by atoms with Crippen molar-refractivity contribution in [1.82, 2.24) is 15.2 Å². The summed E-state index contributed by atoms with van der Waals surface area (Å²) < 4.78 is 18.6. The first-order valence-corrected chi connectivity index (χ1v) is 6.43. The Morgan fingerprint density at radius 1 is 1.58 bits per heavy atom. The monoisotopic (exact) mass is 301 g/mol. The van der Waals surface area contributed by atoms with Gasteiger partial charge in [-0.15, -0.1) is 0 Å². The minimum Gasteiger partial charge on any atom is -0.468 e. The van der Waals surface area contributed by atoms with E-state index in [4.69, 9.17) is 11.6 Å². The Labute approximate surface area is 117 Å². The van der Waals surface area contributed by atoms with E-state index in [0.29, 0.717) is 5.16 Å². The lowest BCUT2D eigenvalue weighted by Crippen LogP contribution is -2.13. The van der Waals surface area contributed by atoms with Crippen molar-refractivity contribution in [3.8, 4) is 0 Å². The SMILES string of the molecule is COC(=O)C(Sc1ncn[nH]1)c1c(F)cccc1Cl. The van der Waals surface area contributed by atoms with Gasteiger partial charge in [-0.05, 0) is 12.1 Å². The molecule has 2 rings (SSSR count). The summed E-state index contributed by atoms with van der Waals surface area (Å²) in [5.74, 6) is -1.19. The van der Waals surface area contributed by atoms with Gasteiger partial charge in [0.1, 0.15) is 17.4 Å². The van der Waals surface area contributed by atoms with Crippen LogP contribution in [0.3, 0.4) is 0 Å². The van der Waals surface area contributed by atoms with Crippen LogP contribution in [0.5, 0.6) is 0 Å². The van der Waals surface area contributed by atoms with Crippen LogP contribution >= 0.6 is 23.4 Å². The van der Waals surface area contributed by atoms with Crippen LogP contribution in [0.4, 0.5) is 4.39 Å². The Kier molecular flexibility index (Phi) is 4.39. The molecule has 0 spiro atoms. The third kappa shape index (κ3) is 3.05. The molecule has 8 heteroatoms. The van der Waals surface area contributed by atoms with Crippen molar-refractivity contribution < 1.29 is 13.9 Å². The molecule has 0 amide bonds. The van der Waals surface area contributed by atoms with E-state index in [1.165, 1.54) is 31.6 Å². The highest BCUT2D eigenvalue weighted by molar-refractivity contribution is 8.00. The second-order valence-electron chi connectivity index (χ2n) is 3.45. The number of carbonyl (C=O) groups is 1. The molecule has 0 radical (unpaired) electrons. The number of ether oxygens (including phenoxy) is 1. The third-order valence-corrected chi connectivity index (χ3v) is 3.71. The zero-order valence-electron chi connectivity index (χ0n) is 9.76. The normalized spacial score (nSPS) is 12.2. The maximum atomic E-state index is 13.9. The summed E-state index contributed by atoms with van der Waals surface area (Å²) >= 11 is 6.94. The molecule has 1 unspecified atom stereocenters. The topological polar surface area (TPSA) is 67.9 Å². The molecule has 0 aliphatic heterocycles. The number of esters is 1. The standard InChI is InChI=1S/C11H9ClFN3O2S/c1-18-10(17)9(19-11-14-5-15-16-11)8-6(12)3-2-4-7(8)13/h2-5,9H,1H3,(H,14,15,16). The molecule has 5 nitrogen and oxygen atoms in total. The number of hydrogen-bond donors (Lipinski definition) is 1. The maximum absolute atomic E-state index is 13.9. The molecule has 1 atom stereocenters. The lowest BCUT2D eigenvalue weighted by molar-refractivity contribution is -0.140. The van der Waals surface area contributed by atoms with E-state index in [9.17, 15) is 9.18 Å². The minimum absolute atomic E-state index is 0.0671. The lowest BCUT2D eigenvalue weighted by atomic mass is 10.1. The fraction of sp³-hybridized carbons (Fsp3) is 0.182. The zero-order chi connectivity index (χ0) is 13.8. The molecular weight excluding hydrogens is 293 g/mol. The van der Waals surface area contributed by atoms with Crippen molar-refractivity contribution in [2.45, 2.75) is 10.4 Å². The summed E-state index contributed by atoms with van der Waals surface area (Å²) in [5, 5.41) is 5.82. The molecule has 1 N–H and O–H groups in total. The van der Waals surface area contributed by atoms with Gasteiger partial charge in [-0.3, -0.25) is 9.89 Å². The molecule has 0 bridgehead atoms. The minimum atomic E-state index is -0.952. The molecule has 100 valence electrons. The van der Waals surface area contributed by atoms with E-state index >= 15 is 0 Å². The largest absolute Gasteiger partial charge is 0.468 e. The molecule has 0 saturated heterocycles. The van der Waals surface area contributed by atoms with E-state index in [0.717, 1.165) is 11.8 Å². The summed E-state index contributed by atoms with van der Waals surface area (Å²) in [6.07, 6.45) is 1.29. The first-order valence-electron chi connectivity index (χ1n) is 5.17. The number of H-pyrrole nitrogens is 1. The summed E-state index contributed by atoms with van der Waals surface area (Å²) in [6, 6.07) is 4.21. The van der Waals surface area contributed by atoms with Crippen LogP contribution in [-0.4, -0.2) is 28.3 Å². The van der Waals surface area contributed by atoms with Crippen LogP contribution in [0, 0.1) is 5.82 Å². The van der Waals surface area contributed by atoms with E-state index in [2.05, 4.69) is 19.9 Å². The molecule has 1 aromatic carbocycles. The molecular formula is C11H9ClFN3O2S. The summed E-state index contributed by atoms with van der Waals surface area (Å²) in [6.45, 7) is 0. The number of nitrogens with zero attached hydrogens (tertiary/aromatic N) is 2. The molecule has 0 aliphatic carbocycles. The van der Waals surface area contributed by atoms with Crippen molar-refractivity contribution in [3.63, 3.8) is 0 Å². The summed E-state index contributed by atoms with van der Waals surface area (Å²) in [7, 11) is 1.23. The third-order valence-electron chi connectivity index (χ3n) is 2.30. The highest BCUT2D eigenvalue weighted by Crippen LogP contribution is 2.38. The smallest absolute Gasteiger partial charge is 0.323 e. The van der Waals surface area contributed by atoms with E-state index in [1.54, 1.807) is 0 Å². The Balaban J connectivity index is 2.40. The first-order chi connectivity index (χ1) is 9.13. The van der Waals surface area contributed by atoms with Crippen LogP contribution in [0.25, 0.3) is 0 Å². The van der Waals surface area contributed by atoms with Gasteiger partial charge in [0, 0.05) is 10.6 Å². The van der Waals surface area contributed by atoms with Crippen molar-refractivity contribution in [2.24, 2.45) is 0 Å². The molecule has 0 aliphatic rings. The number of halogens is 2. The van der Waals surface area contributed by atoms with Crippen LogP contribution < -0.4 is 0 Å². The van der Waals surface area contributed by atoms with Gasteiger partial charge < -0.3 is 4.74 Å². The summed E-state index contributed by atoms with van der Waals surface area (Å²) in [4.78, 5) is 15.7. The Hall–Kier alpha value is -1.60. The van der Waals surface area contributed by atoms with Gasteiger partial charge >= 0.3 is 5.97 Å². The second-order valence-corrected chi connectivity index (χ2v) is 4.95. The van der Waals surface area contributed by atoms with E-state index in [-0.39, 0.29) is 10.6 Å². The Morgan fingerprint density at radius 3 is 2.95 bits per heavy atom. The van der Waals surface area contributed by atoms with Crippen molar-refractivity contribution >= 4 is 29.3 Å². The first kappa shape index (κ1) is 13.8. The number of hydrogen-bond acceptors (Lipinski definition) is 5. The molecule has 0 saturated carbocycles. The number of nitrogens with one attached hydrogen (secondary N) is 1. The molecule has 1 heterocycles. The van der Waals surface area contributed by atoms with E-state index < -0.39 is 17.0 Å². The fourth-order valence-corrected chi connectivity index (χ4v) is 2.78. The summed E-state index contributed by atoms with van der Waals surface area (Å²) in [5.41, 5.74) is 0.0671. The number of thioether (sulfide) groups is 1. The van der Waals surface area contributed by atoms with Gasteiger partial charge in [0.15, 0.2) is 5.16 Å². The number of rotatable bonds is 4. The maximum Gasteiger partial charge on any atom is 0.323 e. The van der Waals surface area contributed by atoms with Crippen molar-refractivity contribution in [3.05, 3.63) is 40.9 Å². The number of aromatic nitrogens is 3. The zero-order valence-corrected chi connectivity index (χ0v) is 11.3. The number of carbonyl (C=O) groups excluding carboxylic acids is 1. The Morgan fingerprint density at radius 2 is 2.37 bits per heavy atom. The predicted molar refractivity (Wildman–Crippen MR) is 68.4 cm³/mol. The lowest BCUT2D eigenvalue weighted by Gasteiger charge is -2.15. The van der Waals surface area contributed by atoms with Crippen molar-refractivity contribution in [2.75, 3.05) is 7.11 Å². The van der Waals surface area contributed by atoms with Gasteiger partial charge in [0.25, 0.3) is 0 Å². The highest BCUT2D eigenvalue weighted by atomic mass is 35.5. The number of benzene rings is 1. The Bertz CT molecular complexity index is 559. The van der Waals surface area contributed by atoms with Gasteiger partial charge in [-0.1, -0.05) is 29.4 Å². The van der Waals surface area contributed by atoms with Crippen LogP contribution in [0.1, 0.15) is 10.8 Å². The quantitative estimate of drug-likeness (QED) is 0.694. The van der Waals surface area contributed by atoms with Crippen molar-refractivity contribution in [1.29, 1.82) is 0 Å². The predicted octanol–water partition coefficient (Wildman–Crippen LogP) is 2.60. The second kappa shape index (κ2) is 6.03. The molecule has 1 aromatic heterocycles. The highest BCUT2D eigenvalue weighted by Gasteiger charge is 2.29. The van der Waals surface area contributed by atoms with Crippen LogP contribution in [-0.2, 0) is 9.53 Å². The van der Waals surface area contributed by atoms with Crippen LogP contribution in [0.2, 0.25) is 5.02 Å². The molecule has 0 fully saturated rings. The van der Waals surface area contributed by atoms with Gasteiger partial charge in [-0.2, -0.15) is 5.10 Å². The molecule has 2 aromatic rings. The van der Waals surface area contributed by atoms with Gasteiger partial charge in [-0.25, -0.2) is 9.37 Å². The van der Waals surface area contributed by atoms with Crippen LogP contribution in [0.15, 0.2) is 29.7 Å². The molecule has 19 heavy (non-hydrogen) atoms.